The van der Waals surface area contributed by atoms with Crippen molar-refractivity contribution in [3.8, 4) is 0 Å². The fourth-order valence-corrected chi connectivity index (χ4v) is 6.36. The highest BCUT2D eigenvalue weighted by atomic mass is 32.1. The quantitative estimate of drug-likeness (QED) is 0.550. The lowest BCUT2D eigenvalue weighted by molar-refractivity contribution is -0.183. The first kappa shape index (κ1) is 24.9. The van der Waals surface area contributed by atoms with Gasteiger partial charge in [-0.15, -0.1) is 11.3 Å². The summed E-state index contributed by atoms with van der Waals surface area (Å²) < 4.78 is 0. The molecular weight excluding hydrogens is 476 g/mol. The highest BCUT2D eigenvalue weighted by Gasteiger charge is 2.60. The zero-order valence-electron chi connectivity index (χ0n) is 20.9. The van der Waals surface area contributed by atoms with E-state index in [2.05, 4.69) is 5.32 Å². The van der Waals surface area contributed by atoms with Crippen LogP contribution >= 0.6 is 11.3 Å². The molecule has 36 heavy (non-hydrogen) atoms. The third kappa shape index (κ3) is 4.92. The molecule has 2 saturated heterocycles. The van der Waals surface area contributed by atoms with Crippen molar-refractivity contribution in [2.45, 2.75) is 56.7 Å². The largest absolute Gasteiger partial charge is 0.378 e. The zero-order valence-corrected chi connectivity index (χ0v) is 21.7. The Morgan fingerprint density at radius 3 is 2.50 bits per heavy atom. The number of rotatable bonds is 8. The smallest absolute Gasteiger partial charge is 0.261 e. The van der Waals surface area contributed by atoms with Crippen LogP contribution in [0.3, 0.4) is 0 Å². The Bertz CT molecular complexity index is 1080. The number of likely N-dealkylation sites (tertiary alicyclic amines) is 1. The molecule has 3 aliphatic rings. The zero-order chi connectivity index (χ0) is 25.2. The molecule has 3 fully saturated rings. The molecule has 5 rings (SSSR count). The van der Waals surface area contributed by atoms with E-state index in [-0.39, 0.29) is 30.3 Å². The molecule has 192 valence electrons. The van der Waals surface area contributed by atoms with Crippen LogP contribution in [0.15, 0.2) is 41.8 Å². The summed E-state index contributed by atoms with van der Waals surface area (Å²) in [6.07, 6.45) is 4.81. The molecule has 3 unspecified atom stereocenters. The van der Waals surface area contributed by atoms with Crippen LogP contribution in [0.2, 0.25) is 0 Å². The van der Waals surface area contributed by atoms with E-state index in [1.54, 1.807) is 16.4 Å². The minimum atomic E-state index is -0.878. The Hall–Kier alpha value is -2.75. The molecule has 1 saturated carbocycles. The number of anilines is 1. The number of carbonyl (C=O) groups excluding carboxylic acids is 3. The highest BCUT2D eigenvalue weighted by Crippen LogP contribution is 2.46. The second-order valence-corrected chi connectivity index (χ2v) is 11.1. The van der Waals surface area contributed by atoms with E-state index < -0.39 is 18.1 Å². The van der Waals surface area contributed by atoms with Gasteiger partial charge in [-0.25, -0.2) is 0 Å². The Morgan fingerprint density at radius 2 is 1.83 bits per heavy atom. The highest BCUT2D eigenvalue weighted by molar-refractivity contribution is 7.09. The van der Waals surface area contributed by atoms with Crippen LogP contribution in [0.1, 0.15) is 48.6 Å². The van der Waals surface area contributed by atoms with Gasteiger partial charge in [0.1, 0.15) is 6.54 Å². The average molecular weight is 511 g/mol. The summed E-state index contributed by atoms with van der Waals surface area (Å²) in [5, 5.41) is 6.52. The molecule has 1 aliphatic carbocycles. The number of benzene rings is 1. The van der Waals surface area contributed by atoms with Crippen molar-refractivity contribution >= 4 is 34.7 Å². The van der Waals surface area contributed by atoms with E-state index in [1.807, 2.05) is 60.8 Å². The van der Waals surface area contributed by atoms with Gasteiger partial charge < -0.3 is 10.2 Å². The van der Waals surface area contributed by atoms with Gasteiger partial charge in [0.2, 0.25) is 11.8 Å². The fourth-order valence-electron chi connectivity index (χ4n) is 5.65. The van der Waals surface area contributed by atoms with Gasteiger partial charge >= 0.3 is 0 Å². The minimum absolute atomic E-state index is 0.0402. The number of amides is 3. The Balaban J connectivity index is 1.35. The molecule has 1 aromatic carbocycles. The average Bonchev–Trinajstić information content (AvgIpc) is 3.57. The lowest BCUT2D eigenvalue weighted by Gasteiger charge is -2.32. The topological polar surface area (TPSA) is 82.2 Å². The molecule has 2 aromatic rings. The van der Waals surface area contributed by atoms with E-state index in [1.165, 1.54) is 9.78 Å². The first-order chi connectivity index (χ1) is 17.4. The monoisotopic (exact) mass is 510 g/mol. The van der Waals surface area contributed by atoms with Crippen LogP contribution in [0.5, 0.6) is 0 Å². The van der Waals surface area contributed by atoms with Crippen molar-refractivity contribution in [1.82, 2.24) is 15.3 Å². The van der Waals surface area contributed by atoms with Crippen LogP contribution in [-0.4, -0.2) is 67.0 Å². The first-order valence-electron chi connectivity index (χ1n) is 12.8. The van der Waals surface area contributed by atoms with Crippen molar-refractivity contribution in [3.63, 3.8) is 0 Å². The molecule has 3 amide bonds. The Kier molecular flexibility index (Phi) is 7.41. The predicted octanol–water partition coefficient (Wildman–Crippen LogP) is 3.15. The standard InChI is InChI=1S/C27H34N4O4S/c1-29(2)19-12-10-18(11-13-19)24-23-25(27(34)31(26(23)33)20-7-4-3-5-8-20)35-30(24)17-22(32)28-15-14-21-9-6-16-36-21/h6,9-13,16,20,23-25H,3-5,7-8,14-15,17H2,1-2H3,(H,28,32). The molecular formula is C27H34N4O4S. The van der Waals surface area contributed by atoms with Crippen LogP contribution in [-0.2, 0) is 25.6 Å². The molecule has 0 spiro atoms. The first-order valence-corrected chi connectivity index (χ1v) is 13.7. The van der Waals surface area contributed by atoms with Crippen LogP contribution in [0, 0.1) is 5.92 Å². The van der Waals surface area contributed by atoms with Gasteiger partial charge in [0, 0.05) is 37.2 Å². The molecule has 3 atom stereocenters. The molecule has 0 radical (unpaired) electrons. The number of imide groups is 1. The Morgan fingerprint density at radius 1 is 1.08 bits per heavy atom. The maximum atomic E-state index is 13.7. The van der Waals surface area contributed by atoms with E-state index in [9.17, 15) is 14.4 Å². The fraction of sp³-hybridized carbons (Fsp3) is 0.519. The van der Waals surface area contributed by atoms with E-state index >= 15 is 0 Å². The molecule has 3 heterocycles. The molecule has 1 N–H and O–H groups in total. The number of carbonyl (C=O) groups is 3. The van der Waals surface area contributed by atoms with Crippen LogP contribution in [0.25, 0.3) is 0 Å². The van der Waals surface area contributed by atoms with Gasteiger partial charge in [0.25, 0.3) is 5.91 Å². The number of hydrogen-bond acceptors (Lipinski definition) is 7. The lowest BCUT2D eigenvalue weighted by atomic mass is 9.90. The van der Waals surface area contributed by atoms with E-state index in [0.717, 1.165) is 49.8 Å². The third-order valence-corrected chi connectivity index (χ3v) is 8.43. The van der Waals surface area contributed by atoms with Gasteiger partial charge in [-0.2, -0.15) is 5.06 Å². The number of nitrogens with zero attached hydrogens (tertiary/aromatic N) is 3. The van der Waals surface area contributed by atoms with Crippen molar-refractivity contribution < 1.29 is 19.2 Å². The van der Waals surface area contributed by atoms with E-state index in [0.29, 0.717) is 6.54 Å². The van der Waals surface area contributed by atoms with Gasteiger partial charge in [0.15, 0.2) is 6.10 Å². The second kappa shape index (κ2) is 10.7. The summed E-state index contributed by atoms with van der Waals surface area (Å²) in [5.74, 6) is -1.26. The summed E-state index contributed by atoms with van der Waals surface area (Å²) in [6.45, 7) is 0.483. The number of hydrogen-bond donors (Lipinski definition) is 1. The number of nitrogens with one attached hydrogen (secondary N) is 1. The second-order valence-electron chi connectivity index (χ2n) is 10.1. The third-order valence-electron chi connectivity index (χ3n) is 7.49. The molecule has 1 aromatic heterocycles. The minimum Gasteiger partial charge on any atom is -0.378 e. The van der Waals surface area contributed by atoms with Crippen LogP contribution in [0.4, 0.5) is 5.69 Å². The summed E-state index contributed by atoms with van der Waals surface area (Å²) in [5.41, 5.74) is 1.90. The van der Waals surface area contributed by atoms with Gasteiger partial charge in [-0.1, -0.05) is 37.5 Å². The summed E-state index contributed by atoms with van der Waals surface area (Å²) in [6, 6.07) is 11.4. The number of thiophene rings is 1. The normalized spacial score (nSPS) is 24.8. The maximum Gasteiger partial charge on any atom is 0.261 e. The lowest BCUT2D eigenvalue weighted by Crippen LogP contribution is -2.45. The number of fused-ring (bicyclic) bond motifs is 1. The maximum absolute atomic E-state index is 13.7. The van der Waals surface area contributed by atoms with Gasteiger partial charge in [0.05, 0.1) is 12.0 Å². The SMILES string of the molecule is CN(C)c1ccc(C2C3C(=O)N(C4CCCCC4)C(=O)C3ON2CC(=O)NCCc2cccs2)cc1. The van der Waals surface area contributed by atoms with Gasteiger partial charge in [-0.3, -0.25) is 24.1 Å². The summed E-state index contributed by atoms with van der Waals surface area (Å²) in [7, 11) is 3.94. The predicted molar refractivity (Wildman–Crippen MR) is 138 cm³/mol. The van der Waals surface area contributed by atoms with Crippen molar-refractivity contribution in [1.29, 1.82) is 0 Å². The van der Waals surface area contributed by atoms with Crippen molar-refractivity contribution in [2.75, 3.05) is 32.1 Å². The van der Waals surface area contributed by atoms with E-state index in [4.69, 9.17) is 4.84 Å². The molecule has 9 heteroatoms. The van der Waals surface area contributed by atoms with Crippen LogP contribution < -0.4 is 10.2 Å². The number of hydroxylamine groups is 2. The molecule has 2 aliphatic heterocycles. The van der Waals surface area contributed by atoms with Crippen molar-refractivity contribution in [2.24, 2.45) is 5.92 Å². The Labute approximate surface area is 216 Å². The summed E-state index contributed by atoms with van der Waals surface area (Å²) in [4.78, 5) is 50.7. The van der Waals surface area contributed by atoms with Gasteiger partial charge in [-0.05, 0) is 48.4 Å². The summed E-state index contributed by atoms with van der Waals surface area (Å²) >= 11 is 1.66. The molecule has 8 nitrogen and oxygen atoms in total. The van der Waals surface area contributed by atoms with Crippen molar-refractivity contribution in [3.05, 3.63) is 52.2 Å². The molecule has 0 bridgehead atoms.